The molecule has 1 N–H and O–H groups in total. The number of sulfone groups is 1. The number of likely N-dealkylation sites (tertiary alicyclic amines) is 1. The molecule has 5 nitrogen and oxygen atoms in total. The second-order valence-electron chi connectivity index (χ2n) is 9.36. The van der Waals surface area contributed by atoms with Gasteiger partial charge in [0.25, 0.3) is 0 Å². The van der Waals surface area contributed by atoms with E-state index in [1.807, 2.05) is 0 Å². The Hall–Kier alpha value is -2.18. The summed E-state index contributed by atoms with van der Waals surface area (Å²) in [5.74, 6) is 0.00359. The van der Waals surface area contributed by atoms with Gasteiger partial charge in [-0.15, -0.1) is 0 Å². The molecule has 1 heterocycles. The van der Waals surface area contributed by atoms with Crippen LogP contribution in [0.3, 0.4) is 0 Å². The number of hydrogen-bond donors (Lipinski definition) is 1. The minimum absolute atomic E-state index is 0.00359. The van der Waals surface area contributed by atoms with Crippen molar-refractivity contribution < 1.29 is 13.2 Å². The van der Waals surface area contributed by atoms with E-state index in [1.165, 1.54) is 30.2 Å². The maximum absolute atomic E-state index is 12.5. The molecule has 2 aliphatic rings. The minimum atomic E-state index is -3.21. The largest absolute Gasteiger partial charge is 0.353 e. The van der Waals surface area contributed by atoms with Crippen LogP contribution in [-0.4, -0.2) is 51.2 Å². The summed E-state index contributed by atoms with van der Waals surface area (Å²) in [7, 11) is -3.21. The van der Waals surface area contributed by atoms with E-state index in [9.17, 15) is 13.2 Å². The van der Waals surface area contributed by atoms with Crippen molar-refractivity contribution in [2.45, 2.75) is 55.4 Å². The van der Waals surface area contributed by atoms with Gasteiger partial charge in [0.15, 0.2) is 9.84 Å². The van der Waals surface area contributed by atoms with E-state index >= 15 is 0 Å². The van der Waals surface area contributed by atoms with Gasteiger partial charge in [0.05, 0.1) is 11.3 Å². The summed E-state index contributed by atoms with van der Waals surface area (Å²) in [6, 6.07) is 15.8. The van der Waals surface area contributed by atoms with Gasteiger partial charge in [0.2, 0.25) is 5.91 Å². The molecular formula is C25H32N2O3S. The molecule has 166 valence electrons. The topological polar surface area (TPSA) is 66.5 Å². The Balaban J connectivity index is 1.24. The Morgan fingerprint density at radius 1 is 1.03 bits per heavy atom. The molecule has 0 unspecified atom stereocenters. The van der Waals surface area contributed by atoms with Gasteiger partial charge in [-0.1, -0.05) is 42.0 Å². The average Bonchev–Trinajstić information content (AvgIpc) is 3.50. The molecule has 1 aliphatic carbocycles. The zero-order valence-electron chi connectivity index (χ0n) is 18.4. The first-order valence-electron chi connectivity index (χ1n) is 11.1. The molecule has 1 saturated heterocycles. The molecule has 2 aromatic rings. The van der Waals surface area contributed by atoms with Gasteiger partial charge >= 0.3 is 0 Å². The maximum Gasteiger partial charge on any atom is 0.224 e. The van der Waals surface area contributed by atoms with Crippen LogP contribution in [0.25, 0.3) is 0 Å². The molecule has 1 amide bonds. The summed E-state index contributed by atoms with van der Waals surface area (Å²) >= 11 is 0. The number of nitrogens with zero attached hydrogens (tertiary/aromatic N) is 1. The minimum Gasteiger partial charge on any atom is -0.353 e. The fourth-order valence-electron chi connectivity index (χ4n) is 4.58. The van der Waals surface area contributed by atoms with E-state index in [2.05, 4.69) is 41.4 Å². The van der Waals surface area contributed by atoms with Gasteiger partial charge in [0, 0.05) is 37.3 Å². The predicted octanol–water partition coefficient (Wildman–Crippen LogP) is 3.25. The van der Waals surface area contributed by atoms with Crippen molar-refractivity contribution in [3.63, 3.8) is 0 Å². The number of piperidine rings is 1. The van der Waals surface area contributed by atoms with Crippen LogP contribution >= 0.6 is 0 Å². The molecule has 0 atom stereocenters. The normalized spacial score (nSPS) is 19.2. The maximum atomic E-state index is 12.5. The summed E-state index contributed by atoms with van der Waals surface area (Å²) in [5, 5.41) is 3.17. The van der Waals surface area contributed by atoms with Gasteiger partial charge in [0.1, 0.15) is 0 Å². The highest BCUT2D eigenvalue weighted by Crippen LogP contribution is 2.49. The average molecular weight is 441 g/mol. The second kappa shape index (κ2) is 8.75. The number of hydrogen-bond acceptors (Lipinski definition) is 4. The van der Waals surface area contributed by atoms with Crippen LogP contribution in [0.4, 0.5) is 0 Å². The molecular weight excluding hydrogens is 408 g/mol. The molecule has 0 bridgehead atoms. The molecule has 0 spiro atoms. The molecule has 4 rings (SSSR count). The molecule has 2 aromatic carbocycles. The molecule has 1 aliphatic heterocycles. The van der Waals surface area contributed by atoms with E-state index < -0.39 is 9.84 Å². The van der Waals surface area contributed by atoms with Crippen LogP contribution in [0, 0.1) is 6.92 Å². The lowest BCUT2D eigenvalue weighted by molar-refractivity contribution is -0.121. The Bertz CT molecular complexity index is 1020. The smallest absolute Gasteiger partial charge is 0.224 e. The highest BCUT2D eigenvalue weighted by molar-refractivity contribution is 7.90. The van der Waals surface area contributed by atoms with Crippen LogP contribution in [0.2, 0.25) is 0 Å². The van der Waals surface area contributed by atoms with Crippen molar-refractivity contribution >= 4 is 15.7 Å². The Kier molecular flexibility index (Phi) is 6.22. The van der Waals surface area contributed by atoms with Gasteiger partial charge in [-0.2, -0.15) is 0 Å². The third-order valence-electron chi connectivity index (χ3n) is 6.71. The summed E-state index contributed by atoms with van der Waals surface area (Å²) in [6.07, 6.45) is 5.95. The van der Waals surface area contributed by atoms with E-state index in [-0.39, 0.29) is 23.3 Å². The van der Waals surface area contributed by atoms with Crippen LogP contribution < -0.4 is 5.32 Å². The zero-order chi connectivity index (χ0) is 22.1. The van der Waals surface area contributed by atoms with Crippen LogP contribution in [0.15, 0.2) is 53.4 Å². The number of aryl methyl sites for hydroxylation is 1. The first kappa shape index (κ1) is 22.0. The summed E-state index contributed by atoms with van der Waals surface area (Å²) in [4.78, 5) is 15.3. The molecule has 1 saturated carbocycles. The van der Waals surface area contributed by atoms with Crippen molar-refractivity contribution in [1.29, 1.82) is 0 Å². The Morgan fingerprint density at radius 2 is 1.65 bits per heavy atom. The zero-order valence-corrected chi connectivity index (χ0v) is 19.2. The predicted molar refractivity (Wildman–Crippen MR) is 123 cm³/mol. The molecule has 0 radical (unpaired) electrons. The van der Waals surface area contributed by atoms with Gasteiger partial charge < -0.3 is 10.2 Å². The number of amides is 1. The van der Waals surface area contributed by atoms with Crippen molar-refractivity contribution in [3.05, 3.63) is 65.2 Å². The Labute approximate surface area is 185 Å². The number of benzene rings is 2. The lowest BCUT2D eigenvalue weighted by Gasteiger charge is -2.35. The van der Waals surface area contributed by atoms with E-state index in [1.54, 1.807) is 24.3 Å². The highest BCUT2D eigenvalue weighted by atomic mass is 32.2. The summed E-state index contributed by atoms with van der Waals surface area (Å²) < 4.78 is 23.1. The highest BCUT2D eigenvalue weighted by Gasteiger charge is 2.45. The fourth-order valence-corrected chi connectivity index (χ4v) is 5.21. The fraction of sp³-hybridized carbons (Fsp3) is 0.480. The van der Waals surface area contributed by atoms with Gasteiger partial charge in [-0.25, -0.2) is 8.42 Å². The monoisotopic (exact) mass is 440 g/mol. The number of carbonyl (C=O) groups is 1. The lowest BCUT2D eigenvalue weighted by Crippen LogP contribution is -2.46. The van der Waals surface area contributed by atoms with Crippen LogP contribution in [0.1, 0.15) is 42.4 Å². The molecule has 0 aromatic heterocycles. The van der Waals surface area contributed by atoms with E-state index in [0.29, 0.717) is 5.41 Å². The molecule has 31 heavy (non-hydrogen) atoms. The molecule has 2 fully saturated rings. The Morgan fingerprint density at radius 3 is 2.19 bits per heavy atom. The van der Waals surface area contributed by atoms with Crippen LogP contribution in [0.5, 0.6) is 0 Å². The number of rotatable bonds is 7. The number of nitrogens with one attached hydrogen (secondary N) is 1. The second-order valence-corrected chi connectivity index (χ2v) is 11.4. The number of carbonyl (C=O) groups excluding carboxylic acids is 1. The SMILES string of the molecule is Cc1ccc(C2(CN3CCC(NC(=O)Cc4ccc(S(C)(=O)=O)cc4)CC3)CC2)cc1. The van der Waals surface area contributed by atoms with Gasteiger partial charge in [-0.3, -0.25) is 4.79 Å². The lowest BCUT2D eigenvalue weighted by atomic mass is 9.93. The third kappa shape index (κ3) is 5.55. The van der Waals surface area contributed by atoms with E-state index in [0.717, 1.165) is 38.0 Å². The first-order valence-corrected chi connectivity index (χ1v) is 13.0. The quantitative estimate of drug-likeness (QED) is 0.718. The molecule has 6 heteroatoms. The van der Waals surface area contributed by atoms with Crippen molar-refractivity contribution in [2.75, 3.05) is 25.9 Å². The van der Waals surface area contributed by atoms with E-state index in [4.69, 9.17) is 0 Å². The van der Waals surface area contributed by atoms with Crippen molar-refractivity contribution in [3.8, 4) is 0 Å². The van der Waals surface area contributed by atoms with Crippen molar-refractivity contribution in [1.82, 2.24) is 10.2 Å². The van der Waals surface area contributed by atoms with Crippen LogP contribution in [-0.2, 0) is 26.5 Å². The summed E-state index contributed by atoms with van der Waals surface area (Å²) in [6.45, 7) is 5.28. The van der Waals surface area contributed by atoms with Crippen molar-refractivity contribution in [2.24, 2.45) is 0 Å². The third-order valence-corrected chi connectivity index (χ3v) is 7.84. The first-order chi connectivity index (χ1) is 14.7. The van der Waals surface area contributed by atoms with Gasteiger partial charge in [-0.05, 0) is 55.9 Å². The standard InChI is InChI=1S/C25H32N2O3S/c1-19-3-7-21(8-4-19)25(13-14-25)18-27-15-11-22(12-16-27)26-24(28)17-20-5-9-23(10-6-20)31(2,29)30/h3-10,22H,11-18H2,1-2H3,(H,26,28). The summed E-state index contributed by atoms with van der Waals surface area (Å²) in [5.41, 5.74) is 3.94.